The highest BCUT2D eigenvalue weighted by Crippen LogP contribution is 2.25. The summed E-state index contributed by atoms with van der Waals surface area (Å²) < 4.78 is 2.63. The summed E-state index contributed by atoms with van der Waals surface area (Å²) in [6.45, 7) is 0. The van der Waals surface area contributed by atoms with Crippen LogP contribution in [0.2, 0.25) is 0 Å². The minimum absolute atomic E-state index is 0.156. The Morgan fingerprint density at radius 2 is 1.55 bits per heavy atom. The molecule has 0 aliphatic heterocycles. The van der Waals surface area contributed by atoms with Crippen molar-refractivity contribution >= 4 is 44.9 Å². The normalized spacial score (nSPS) is 10.4. The SMILES string of the molecule is O=C(NC(=S)NNc1ccccc1)c1cn(-c2ccccc2)nc1-c1ccc(Br)cc1. The van der Waals surface area contributed by atoms with Crippen molar-refractivity contribution in [1.82, 2.24) is 20.5 Å². The molecule has 0 aliphatic carbocycles. The molecule has 1 amide bonds. The lowest BCUT2D eigenvalue weighted by Crippen LogP contribution is -2.42. The Hall–Kier alpha value is -3.49. The van der Waals surface area contributed by atoms with Gasteiger partial charge in [-0.2, -0.15) is 5.10 Å². The number of nitrogens with zero attached hydrogens (tertiary/aromatic N) is 2. The second kappa shape index (κ2) is 9.55. The van der Waals surface area contributed by atoms with E-state index >= 15 is 0 Å². The van der Waals surface area contributed by atoms with E-state index in [0.717, 1.165) is 21.4 Å². The summed E-state index contributed by atoms with van der Waals surface area (Å²) in [7, 11) is 0. The van der Waals surface area contributed by atoms with Gasteiger partial charge in [0.2, 0.25) is 0 Å². The van der Waals surface area contributed by atoms with Crippen LogP contribution in [0.15, 0.2) is 95.6 Å². The molecule has 4 rings (SSSR count). The smallest absolute Gasteiger partial charge is 0.261 e. The van der Waals surface area contributed by atoms with Gasteiger partial charge in [-0.3, -0.25) is 21.0 Å². The Balaban J connectivity index is 1.58. The average Bonchev–Trinajstić information content (AvgIpc) is 3.25. The van der Waals surface area contributed by atoms with E-state index in [2.05, 4.69) is 37.2 Å². The lowest BCUT2D eigenvalue weighted by atomic mass is 10.1. The van der Waals surface area contributed by atoms with Crippen LogP contribution >= 0.6 is 28.1 Å². The van der Waals surface area contributed by atoms with Gasteiger partial charge in [-0.05, 0) is 48.6 Å². The van der Waals surface area contributed by atoms with E-state index in [4.69, 9.17) is 12.2 Å². The summed E-state index contributed by atoms with van der Waals surface area (Å²) in [6, 6.07) is 26.7. The zero-order valence-electron chi connectivity index (χ0n) is 16.2. The van der Waals surface area contributed by atoms with Crippen LogP contribution in [0.3, 0.4) is 0 Å². The maximum Gasteiger partial charge on any atom is 0.261 e. The minimum Gasteiger partial charge on any atom is -0.299 e. The lowest BCUT2D eigenvalue weighted by Gasteiger charge is -2.11. The fourth-order valence-corrected chi connectivity index (χ4v) is 3.33. The number of carbonyl (C=O) groups is 1. The Kier molecular flexibility index (Phi) is 6.40. The molecule has 0 bridgehead atoms. The molecule has 0 saturated heterocycles. The van der Waals surface area contributed by atoms with Gasteiger partial charge in [0.25, 0.3) is 5.91 Å². The fourth-order valence-electron chi connectivity index (χ4n) is 2.93. The zero-order chi connectivity index (χ0) is 21.6. The predicted octanol–water partition coefficient (Wildman–Crippen LogP) is 4.93. The predicted molar refractivity (Wildman–Crippen MR) is 130 cm³/mol. The summed E-state index contributed by atoms with van der Waals surface area (Å²) >= 11 is 8.71. The van der Waals surface area contributed by atoms with Gasteiger partial charge < -0.3 is 0 Å². The maximum atomic E-state index is 13.0. The lowest BCUT2D eigenvalue weighted by molar-refractivity contribution is 0.0977. The Labute approximate surface area is 193 Å². The molecule has 0 unspecified atom stereocenters. The standard InChI is InChI=1S/C23H18BrN5OS/c24-17-13-11-16(12-14-17)21-20(15-29(28-21)19-9-5-2-6-10-19)22(30)25-23(31)27-26-18-7-3-1-4-8-18/h1-15,26H,(H2,25,27,30,31). The number of hydrogen-bond acceptors (Lipinski definition) is 4. The van der Waals surface area contributed by atoms with Crippen LogP contribution in [0.4, 0.5) is 5.69 Å². The number of amides is 1. The van der Waals surface area contributed by atoms with Crippen molar-refractivity contribution in [3.8, 4) is 16.9 Å². The molecule has 0 saturated carbocycles. The maximum absolute atomic E-state index is 13.0. The number of nitrogens with one attached hydrogen (secondary N) is 3. The minimum atomic E-state index is -0.354. The van der Waals surface area contributed by atoms with Crippen LogP contribution < -0.4 is 16.2 Å². The first kappa shape index (κ1) is 20.8. The summed E-state index contributed by atoms with van der Waals surface area (Å²) in [5, 5.41) is 7.53. The zero-order valence-corrected chi connectivity index (χ0v) is 18.7. The van der Waals surface area contributed by atoms with Crippen LogP contribution in [0.5, 0.6) is 0 Å². The molecule has 4 aromatic rings. The van der Waals surface area contributed by atoms with Gasteiger partial charge in [0.1, 0.15) is 5.69 Å². The molecule has 1 aromatic heterocycles. The van der Waals surface area contributed by atoms with Crippen molar-refractivity contribution in [1.29, 1.82) is 0 Å². The van der Waals surface area contributed by atoms with Crippen LogP contribution in [0.25, 0.3) is 16.9 Å². The van der Waals surface area contributed by atoms with E-state index in [1.807, 2.05) is 84.9 Å². The molecule has 31 heavy (non-hydrogen) atoms. The monoisotopic (exact) mass is 491 g/mol. The molecule has 0 aliphatic rings. The third-order valence-electron chi connectivity index (χ3n) is 4.42. The largest absolute Gasteiger partial charge is 0.299 e. The third-order valence-corrected chi connectivity index (χ3v) is 5.15. The highest BCUT2D eigenvalue weighted by molar-refractivity contribution is 9.10. The van der Waals surface area contributed by atoms with E-state index in [9.17, 15) is 4.79 Å². The quantitative estimate of drug-likeness (QED) is 0.272. The molecule has 154 valence electrons. The topological polar surface area (TPSA) is 71.0 Å². The fraction of sp³-hybridized carbons (Fsp3) is 0. The first-order chi connectivity index (χ1) is 15.1. The van der Waals surface area contributed by atoms with Crippen LogP contribution in [-0.4, -0.2) is 20.8 Å². The number of carbonyl (C=O) groups excluding carboxylic acids is 1. The van der Waals surface area contributed by atoms with Gasteiger partial charge in [-0.1, -0.05) is 64.5 Å². The summed E-state index contributed by atoms with van der Waals surface area (Å²) in [5.74, 6) is -0.354. The summed E-state index contributed by atoms with van der Waals surface area (Å²) in [6.07, 6.45) is 1.70. The highest BCUT2D eigenvalue weighted by atomic mass is 79.9. The summed E-state index contributed by atoms with van der Waals surface area (Å²) in [4.78, 5) is 13.0. The molecule has 3 aromatic carbocycles. The Morgan fingerprint density at radius 1 is 0.903 bits per heavy atom. The number of hydrogen-bond donors (Lipinski definition) is 3. The molecule has 1 heterocycles. The number of benzene rings is 3. The number of aromatic nitrogens is 2. The molecule has 0 atom stereocenters. The molecule has 0 spiro atoms. The molecule has 0 radical (unpaired) electrons. The van der Waals surface area contributed by atoms with Gasteiger partial charge in [0.05, 0.1) is 16.9 Å². The van der Waals surface area contributed by atoms with E-state index in [1.165, 1.54) is 0 Å². The average molecular weight is 492 g/mol. The van der Waals surface area contributed by atoms with Crippen LogP contribution in [0.1, 0.15) is 10.4 Å². The first-order valence-electron chi connectivity index (χ1n) is 9.43. The number of hydrazine groups is 1. The highest BCUT2D eigenvalue weighted by Gasteiger charge is 2.19. The number of thiocarbonyl (C=S) groups is 1. The first-order valence-corrected chi connectivity index (χ1v) is 10.6. The summed E-state index contributed by atoms with van der Waals surface area (Å²) in [5.41, 5.74) is 9.25. The van der Waals surface area contributed by atoms with Crippen molar-refractivity contribution in [2.45, 2.75) is 0 Å². The van der Waals surface area contributed by atoms with Gasteiger partial charge in [-0.15, -0.1) is 0 Å². The number of halogens is 1. The van der Waals surface area contributed by atoms with E-state index in [-0.39, 0.29) is 11.0 Å². The van der Waals surface area contributed by atoms with Gasteiger partial charge in [0.15, 0.2) is 5.11 Å². The second-order valence-electron chi connectivity index (χ2n) is 6.58. The number of para-hydroxylation sites is 2. The van der Waals surface area contributed by atoms with Gasteiger partial charge in [0, 0.05) is 16.2 Å². The Morgan fingerprint density at radius 3 is 2.23 bits per heavy atom. The second-order valence-corrected chi connectivity index (χ2v) is 7.90. The van der Waals surface area contributed by atoms with Crippen molar-refractivity contribution < 1.29 is 4.79 Å². The van der Waals surface area contributed by atoms with Crippen molar-refractivity contribution in [2.24, 2.45) is 0 Å². The van der Waals surface area contributed by atoms with E-state index in [1.54, 1.807) is 10.9 Å². The van der Waals surface area contributed by atoms with Crippen molar-refractivity contribution in [3.63, 3.8) is 0 Å². The molecule has 0 fully saturated rings. The number of rotatable bonds is 5. The van der Waals surface area contributed by atoms with Gasteiger partial charge >= 0.3 is 0 Å². The molecular weight excluding hydrogens is 474 g/mol. The third kappa shape index (κ3) is 5.17. The molecule has 3 N–H and O–H groups in total. The van der Waals surface area contributed by atoms with Crippen molar-refractivity contribution in [3.05, 3.63) is 101 Å². The molecule has 8 heteroatoms. The molecular formula is C23H18BrN5OS. The van der Waals surface area contributed by atoms with E-state index < -0.39 is 0 Å². The van der Waals surface area contributed by atoms with Crippen LogP contribution in [-0.2, 0) is 0 Å². The number of anilines is 1. The van der Waals surface area contributed by atoms with Gasteiger partial charge in [-0.25, -0.2) is 4.68 Å². The Bertz CT molecular complexity index is 1190. The van der Waals surface area contributed by atoms with E-state index in [0.29, 0.717) is 11.3 Å². The molecule has 6 nitrogen and oxygen atoms in total. The van der Waals surface area contributed by atoms with Crippen LogP contribution in [0, 0.1) is 0 Å². The van der Waals surface area contributed by atoms with Crippen molar-refractivity contribution in [2.75, 3.05) is 5.43 Å².